The van der Waals surface area contributed by atoms with Gasteiger partial charge in [-0.15, -0.1) is 5.10 Å². The molecule has 1 unspecified atom stereocenters. The quantitative estimate of drug-likeness (QED) is 0.164. The predicted octanol–water partition coefficient (Wildman–Crippen LogP) is 7.04. The number of allylic oxidation sites excluding steroid dienone is 1. The first-order valence-electron chi connectivity index (χ1n) is 12.8. The van der Waals surface area contributed by atoms with E-state index in [2.05, 4.69) is 12.2 Å². The molecule has 2 heterocycles. The van der Waals surface area contributed by atoms with Crippen LogP contribution in [0.1, 0.15) is 43.0 Å². The molecule has 0 saturated carbocycles. The van der Waals surface area contributed by atoms with E-state index in [1.807, 2.05) is 85.8 Å². The Bertz CT molecular complexity index is 1470. The molecule has 1 aromatic heterocycles. The lowest BCUT2D eigenvalue weighted by molar-refractivity contribution is -0.140. The molecule has 0 fully saturated rings. The number of rotatable bonds is 10. The highest BCUT2D eigenvalue weighted by Gasteiger charge is 2.37. The number of hydrogen-bond donors (Lipinski definition) is 1. The molecule has 3 aromatic carbocycles. The minimum atomic E-state index is -0.589. The van der Waals surface area contributed by atoms with E-state index in [0.717, 1.165) is 28.9 Å². The summed E-state index contributed by atoms with van der Waals surface area (Å²) in [6.07, 6.45) is 1.00. The maximum atomic E-state index is 13.6. The van der Waals surface area contributed by atoms with E-state index in [1.165, 1.54) is 0 Å². The number of anilines is 1. The number of para-hydroxylation sites is 1. The second kappa shape index (κ2) is 12.4. The van der Waals surface area contributed by atoms with E-state index in [0.29, 0.717) is 39.8 Å². The average Bonchev–Trinajstić information content (AvgIpc) is 3.37. The number of esters is 1. The van der Waals surface area contributed by atoms with Crippen molar-refractivity contribution in [2.45, 2.75) is 44.7 Å². The molecule has 1 atom stereocenters. The molecule has 1 N–H and O–H groups in total. The first-order valence-corrected chi connectivity index (χ1v) is 14.1. The van der Waals surface area contributed by atoms with Gasteiger partial charge in [0.05, 0.1) is 5.57 Å². The maximum absolute atomic E-state index is 13.6. The van der Waals surface area contributed by atoms with Gasteiger partial charge in [-0.1, -0.05) is 91.0 Å². The summed E-state index contributed by atoms with van der Waals surface area (Å²) in [4.78, 5) is 18.3. The highest BCUT2D eigenvalue weighted by atomic mass is 35.5. The Balaban J connectivity index is 1.50. The van der Waals surface area contributed by atoms with Crippen molar-refractivity contribution in [1.29, 1.82) is 0 Å². The van der Waals surface area contributed by atoms with Crippen LogP contribution in [-0.2, 0) is 22.7 Å². The number of thioether (sulfide) groups is 1. The summed E-state index contributed by atoms with van der Waals surface area (Å²) >= 11 is 7.63. The number of fused-ring (bicyclic) bond motifs is 1. The van der Waals surface area contributed by atoms with Crippen LogP contribution in [0.3, 0.4) is 0 Å². The molecule has 9 heteroatoms. The number of ether oxygens (including phenoxy) is 2. The summed E-state index contributed by atoms with van der Waals surface area (Å²) in [5.41, 5.74) is 3.80. The molecule has 4 aromatic rings. The number of halogens is 1. The molecule has 0 amide bonds. The molecule has 1 aliphatic rings. The van der Waals surface area contributed by atoms with Crippen molar-refractivity contribution in [3.05, 3.63) is 112 Å². The standard InChI is InChI=1S/C30H29ClN4O3S/c1-3-17-39-30-33-29-32-20(2)26(28(36)38-19-21-9-5-4-6-10-21)27(35(29)34-30)24-11-7-8-12-25(24)37-18-22-13-15-23(31)16-14-22/h4-16,27H,3,17-19H2,1-2H3,(H,32,33,34). The summed E-state index contributed by atoms with van der Waals surface area (Å²) in [6, 6.07) is 24.3. The second-order valence-corrected chi connectivity index (χ2v) is 10.6. The number of carbonyl (C=O) groups excluding carboxylic acids is 1. The van der Waals surface area contributed by atoms with Gasteiger partial charge in [0.1, 0.15) is 25.0 Å². The fourth-order valence-electron chi connectivity index (χ4n) is 4.32. The molecular formula is C30H29ClN4O3S. The van der Waals surface area contributed by atoms with Gasteiger partial charge >= 0.3 is 5.97 Å². The zero-order valence-electron chi connectivity index (χ0n) is 21.8. The minimum Gasteiger partial charge on any atom is -0.489 e. The van der Waals surface area contributed by atoms with Gasteiger partial charge in [-0.25, -0.2) is 9.48 Å². The monoisotopic (exact) mass is 560 g/mol. The van der Waals surface area contributed by atoms with Crippen LogP contribution in [0.2, 0.25) is 5.02 Å². The molecule has 0 saturated heterocycles. The van der Waals surface area contributed by atoms with Crippen LogP contribution in [0, 0.1) is 0 Å². The maximum Gasteiger partial charge on any atom is 0.338 e. The van der Waals surface area contributed by atoms with Gasteiger partial charge in [0.15, 0.2) is 0 Å². The molecule has 39 heavy (non-hydrogen) atoms. The van der Waals surface area contributed by atoms with Crippen LogP contribution in [0.25, 0.3) is 0 Å². The van der Waals surface area contributed by atoms with E-state index < -0.39 is 12.0 Å². The lowest BCUT2D eigenvalue weighted by Gasteiger charge is -2.29. The van der Waals surface area contributed by atoms with Gasteiger partial charge in [-0.2, -0.15) is 4.98 Å². The van der Waals surface area contributed by atoms with Crippen molar-refractivity contribution >= 4 is 35.3 Å². The van der Waals surface area contributed by atoms with Gasteiger partial charge < -0.3 is 14.8 Å². The van der Waals surface area contributed by atoms with Gasteiger partial charge in [0.2, 0.25) is 11.1 Å². The van der Waals surface area contributed by atoms with Crippen molar-refractivity contribution in [2.75, 3.05) is 11.1 Å². The number of carbonyl (C=O) groups is 1. The summed E-state index contributed by atoms with van der Waals surface area (Å²) in [5.74, 6) is 1.69. The normalized spacial score (nSPS) is 14.5. The summed E-state index contributed by atoms with van der Waals surface area (Å²) in [6.45, 7) is 4.49. The van der Waals surface area contributed by atoms with Gasteiger partial charge in [-0.05, 0) is 42.7 Å². The molecule has 0 aliphatic carbocycles. The molecule has 1 aliphatic heterocycles. The van der Waals surface area contributed by atoms with E-state index in [9.17, 15) is 4.79 Å². The number of hydrogen-bond acceptors (Lipinski definition) is 7. The Labute approximate surface area is 237 Å². The summed E-state index contributed by atoms with van der Waals surface area (Å²) < 4.78 is 13.8. The molecular weight excluding hydrogens is 532 g/mol. The number of nitrogens with zero attached hydrogens (tertiary/aromatic N) is 3. The Morgan fingerprint density at radius 3 is 2.49 bits per heavy atom. The summed E-state index contributed by atoms with van der Waals surface area (Å²) in [5, 5.41) is 9.38. The molecule has 7 nitrogen and oxygen atoms in total. The third-order valence-electron chi connectivity index (χ3n) is 6.22. The van der Waals surface area contributed by atoms with Crippen molar-refractivity contribution < 1.29 is 14.3 Å². The fourth-order valence-corrected chi connectivity index (χ4v) is 5.13. The van der Waals surface area contributed by atoms with Crippen molar-refractivity contribution in [1.82, 2.24) is 14.8 Å². The van der Waals surface area contributed by atoms with Gasteiger partial charge in [-0.3, -0.25) is 0 Å². The molecule has 0 spiro atoms. The highest BCUT2D eigenvalue weighted by Crippen LogP contribution is 2.40. The van der Waals surface area contributed by atoms with Crippen molar-refractivity contribution in [3.63, 3.8) is 0 Å². The minimum absolute atomic E-state index is 0.166. The van der Waals surface area contributed by atoms with E-state index >= 15 is 0 Å². The second-order valence-electron chi connectivity index (χ2n) is 9.09. The van der Waals surface area contributed by atoms with E-state index in [-0.39, 0.29) is 6.61 Å². The van der Waals surface area contributed by atoms with E-state index in [1.54, 1.807) is 16.4 Å². The number of benzene rings is 3. The smallest absolute Gasteiger partial charge is 0.338 e. The lowest BCUT2D eigenvalue weighted by atomic mass is 9.95. The average molecular weight is 561 g/mol. The Hall–Kier alpha value is -3.75. The van der Waals surface area contributed by atoms with Crippen LogP contribution in [0.5, 0.6) is 5.75 Å². The zero-order valence-corrected chi connectivity index (χ0v) is 23.3. The Morgan fingerprint density at radius 2 is 1.72 bits per heavy atom. The van der Waals surface area contributed by atoms with Crippen molar-refractivity contribution in [3.8, 4) is 5.75 Å². The van der Waals surface area contributed by atoms with Crippen molar-refractivity contribution in [2.24, 2.45) is 0 Å². The Kier molecular flexibility index (Phi) is 8.54. The molecule has 5 rings (SSSR count). The molecule has 0 bridgehead atoms. The highest BCUT2D eigenvalue weighted by molar-refractivity contribution is 7.99. The topological polar surface area (TPSA) is 78.3 Å². The molecule has 0 radical (unpaired) electrons. The number of aromatic nitrogens is 3. The predicted molar refractivity (Wildman–Crippen MR) is 154 cm³/mol. The van der Waals surface area contributed by atoms with E-state index in [4.69, 9.17) is 31.2 Å². The lowest BCUT2D eigenvalue weighted by Crippen LogP contribution is -2.30. The van der Waals surface area contributed by atoms with Crippen LogP contribution >= 0.6 is 23.4 Å². The number of nitrogens with one attached hydrogen (secondary N) is 1. The van der Waals surface area contributed by atoms with Crippen LogP contribution < -0.4 is 10.1 Å². The first-order chi connectivity index (χ1) is 19.0. The van der Waals surface area contributed by atoms with Crippen LogP contribution in [0.4, 0.5) is 5.95 Å². The largest absolute Gasteiger partial charge is 0.489 e. The van der Waals surface area contributed by atoms with Gasteiger partial charge in [0, 0.05) is 22.0 Å². The van der Waals surface area contributed by atoms with Crippen LogP contribution in [0.15, 0.2) is 95.3 Å². The SMILES string of the molecule is CCCSc1nc2n(n1)C(c1ccccc1OCc1ccc(Cl)cc1)C(C(=O)OCc1ccccc1)=C(C)N2. The fraction of sp³-hybridized carbons (Fsp3) is 0.233. The zero-order chi connectivity index (χ0) is 27.2. The van der Waals surface area contributed by atoms with Crippen LogP contribution in [-0.4, -0.2) is 26.5 Å². The third-order valence-corrected chi connectivity index (χ3v) is 7.52. The Morgan fingerprint density at radius 1 is 1.00 bits per heavy atom. The summed E-state index contributed by atoms with van der Waals surface area (Å²) in [7, 11) is 0. The third kappa shape index (κ3) is 6.29. The first kappa shape index (κ1) is 26.8. The van der Waals surface area contributed by atoms with Gasteiger partial charge in [0.25, 0.3) is 0 Å². The molecule has 200 valence electrons.